The Morgan fingerprint density at radius 2 is 2.04 bits per heavy atom. The molecule has 3 heterocycles. The standard InChI is InChI=1S/C17H19N5O2/c1-24-14-6-10(8-20-16(14)18)13-9-19-12-7-15(23)22(17(12)21-13)11-4-2-3-5-11/h6,8-9,11H,2-5,7H2,1H3,(H2,18,20). The predicted molar refractivity (Wildman–Crippen MR) is 89.7 cm³/mol. The first kappa shape index (κ1) is 14.9. The minimum Gasteiger partial charge on any atom is -0.493 e. The lowest BCUT2D eigenvalue weighted by Gasteiger charge is -2.23. The van der Waals surface area contributed by atoms with Crippen LogP contribution in [0.2, 0.25) is 0 Å². The number of hydrogen-bond acceptors (Lipinski definition) is 6. The quantitative estimate of drug-likeness (QED) is 0.927. The van der Waals surface area contributed by atoms with Crippen LogP contribution < -0.4 is 15.4 Å². The third-order valence-corrected chi connectivity index (χ3v) is 4.73. The van der Waals surface area contributed by atoms with Crippen LogP contribution in [0, 0.1) is 0 Å². The van der Waals surface area contributed by atoms with Gasteiger partial charge in [-0.25, -0.2) is 9.97 Å². The average molecular weight is 325 g/mol. The molecule has 1 amide bonds. The molecule has 24 heavy (non-hydrogen) atoms. The molecule has 0 spiro atoms. The highest BCUT2D eigenvalue weighted by Gasteiger charge is 2.36. The molecule has 0 atom stereocenters. The summed E-state index contributed by atoms with van der Waals surface area (Å²) in [5, 5.41) is 0. The molecule has 124 valence electrons. The van der Waals surface area contributed by atoms with Crippen molar-refractivity contribution in [2.45, 2.75) is 38.1 Å². The Bertz CT molecular complexity index is 802. The van der Waals surface area contributed by atoms with Gasteiger partial charge >= 0.3 is 0 Å². The maximum atomic E-state index is 12.4. The molecule has 0 bridgehead atoms. The van der Waals surface area contributed by atoms with Crippen molar-refractivity contribution in [3.8, 4) is 17.0 Å². The number of pyridine rings is 1. The second kappa shape index (κ2) is 5.74. The van der Waals surface area contributed by atoms with Gasteiger partial charge in [-0.3, -0.25) is 14.7 Å². The molecular weight excluding hydrogens is 306 g/mol. The molecule has 0 saturated heterocycles. The summed E-state index contributed by atoms with van der Waals surface area (Å²) in [4.78, 5) is 27.6. The van der Waals surface area contributed by atoms with Crippen molar-refractivity contribution in [3.63, 3.8) is 0 Å². The van der Waals surface area contributed by atoms with Crippen molar-refractivity contribution < 1.29 is 9.53 Å². The summed E-state index contributed by atoms with van der Waals surface area (Å²) < 4.78 is 5.22. The van der Waals surface area contributed by atoms with E-state index in [1.54, 1.807) is 25.6 Å². The Morgan fingerprint density at radius 3 is 2.79 bits per heavy atom. The van der Waals surface area contributed by atoms with Crippen molar-refractivity contribution in [1.82, 2.24) is 15.0 Å². The van der Waals surface area contributed by atoms with Crippen LogP contribution in [-0.2, 0) is 11.2 Å². The van der Waals surface area contributed by atoms with Gasteiger partial charge in [0.1, 0.15) is 0 Å². The second-order valence-corrected chi connectivity index (χ2v) is 6.22. The number of hydrogen-bond donors (Lipinski definition) is 1. The fraction of sp³-hybridized carbons (Fsp3) is 0.412. The van der Waals surface area contributed by atoms with E-state index in [0.717, 1.165) is 36.9 Å². The summed E-state index contributed by atoms with van der Waals surface area (Å²) in [5.74, 6) is 1.62. The summed E-state index contributed by atoms with van der Waals surface area (Å²) in [5.41, 5.74) is 7.95. The van der Waals surface area contributed by atoms with Crippen molar-refractivity contribution in [3.05, 3.63) is 24.2 Å². The lowest BCUT2D eigenvalue weighted by Crippen LogP contribution is -2.36. The van der Waals surface area contributed by atoms with Gasteiger partial charge in [0, 0.05) is 17.8 Å². The molecule has 7 nitrogen and oxygen atoms in total. The first-order valence-electron chi connectivity index (χ1n) is 8.15. The van der Waals surface area contributed by atoms with Gasteiger partial charge < -0.3 is 10.5 Å². The Hall–Kier alpha value is -2.70. The van der Waals surface area contributed by atoms with Crippen LogP contribution in [0.5, 0.6) is 5.75 Å². The van der Waals surface area contributed by atoms with Gasteiger partial charge in [-0.2, -0.15) is 0 Å². The van der Waals surface area contributed by atoms with Gasteiger partial charge in [0.2, 0.25) is 5.91 Å². The number of amides is 1. The monoisotopic (exact) mass is 325 g/mol. The Labute approximate surface area is 139 Å². The van der Waals surface area contributed by atoms with Crippen LogP contribution >= 0.6 is 0 Å². The number of nitrogens with two attached hydrogens (primary N) is 1. The summed E-state index contributed by atoms with van der Waals surface area (Å²) >= 11 is 0. The molecule has 0 unspecified atom stereocenters. The van der Waals surface area contributed by atoms with E-state index in [1.807, 2.05) is 4.90 Å². The Kier molecular flexibility index (Phi) is 3.55. The molecule has 2 N–H and O–H groups in total. The number of carbonyl (C=O) groups excluding carboxylic acids is 1. The van der Waals surface area contributed by atoms with Gasteiger partial charge in [0.25, 0.3) is 0 Å². The third kappa shape index (κ3) is 2.36. The molecule has 1 aliphatic carbocycles. The Morgan fingerprint density at radius 1 is 1.25 bits per heavy atom. The zero-order valence-corrected chi connectivity index (χ0v) is 13.5. The molecule has 1 saturated carbocycles. The number of aromatic nitrogens is 3. The zero-order valence-electron chi connectivity index (χ0n) is 13.5. The number of nitrogens with zero attached hydrogens (tertiary/aromatic N) is 4. The Balaban J connectivity index is 1.74. The summed E-state index contributed by atoms with van der Waals surface area (Å²) in [6.45, 7) is 0. The molecule has 7 heteroatoms. The fourth-order valence-electron chi connectivity index (χ4n) is 3.51. The van der Waals surface area contributed by atoms with Gasteiger partial charge in [0.05, 0.1) is 31.1 Å². The number of fused-ring (bicyclic) bond motifs is 1. The minimum absolute atomic E-state index is 0.0991. The third-order valence-electron chi connectivity index (χ3n) is 4.73. The maximum Gasteiger partial charge on any atom is 0.234 e. The SMILES string of the molecule is COc1cc(-c2cnc3c(n2)N(C2CCCC2)C(=O)C3)cnc1N. The highest BCUT2D eigenvalue weighted by atomic mass is 16.5. The van der Waals surface area contributed by atoms with E-state index in [0.29, 0.717) is 29.5 Å². The molecule has 1 fully saturated rings. The second-order valence-electron chi connectivity index (χ2n) is 6.22. The minimum atomic E-state index is 0.0991. The number of rotatable bonds is 3. The first-order chi connectivity index (χ1) is 11.7. The molecule has 2 aromatic heterocycles. The molecular formula is C17H19N5O2. The van der Waals surface area contributed by atoms with Crippen molar-refractivity contribution >= 4 is 17.5 Å². The van der Waals surface area contributed by atoms with E-state index in [4.69, 9.17) is 15.5 Å². The number of nitrogen functional groups attached to an aromatic ring is 1. The molecule has 1 aliphatic heterocycles. The van der Waals surface area contributed by atoms with Crippen LogP contribution in [0.1, 0.15) is 31.4 Å². The summed E-state index contributed by atoms with van der Waals surface area (Å²) in [7, 11) is 1.55. The van der Waals surface area contributed by atoms with E-state index in [9.17, 15) is 4.79 Å². The number of methoxy groups -OCH3 is 1. The number of anilines is 2. The summed E-state index contributed by atoms with van der Waals surface area (Å²) in [6.07, 6.45) is 8.05. The lowest BCUT2D eigenvalue weighted by atomic mass is 10.2. The largest absolute Gasteiger partial charge is 0.493 e. The van der Waals surface area contributed by atoms with Gasteiger partial charge in [0.15, 0.2) is 17.4 Å². The van der Waals surface area contributed by atoms with Crippen LogP contribution in [0.3, 0.4) is 0 Å². The highest BCUT2D eigenvalue weighted by molar-refractivity contribution is 6.00. The lowest BCUT2D eigenvalue weighted by molar-refractivity contribution is -0.117. The van der Waals surface area contributed by atoms with Gasteiger partial charge in [-0.05, 0) is 18.9 Å². The predicted octanol–water partition coefficient (Wildman–Crippen LogP) is 1.96. The molecule has 4 rings (SSSR count). The van der Waals surface area contributed by atoms with E-state index < -0.39 is 0 Å². The van der Waals surface area contributed by atoms with Crippen molar-refractivity contribution in [1.29, 1.82) is 0 Å². The molecule has 0 radical (unpaired) electrons. The number of carbonyl (C=O) groups is 1. The van der Waals surface area contributed by atoms with E-state index in [1.165, 1.54) is 0 Å². The van der Waals surface area contributed by atoms with Gasteiger partial charge in [-0.15, -0.1) is 0 Å². The first-order valence-corrected chi connectivity index (χ1v) is 8.15. The van der Waals surface area contributed by atoms with E-state index in [-0.39, 0.29) is 11.9 Å². The molecule has 0 aromatic carbocycles. The summed E-state index contributed by atoms with van der Waals surface area (Å²) in [6, 6.07) is 2.04. The van der Waals surface area contributed by atoms with E-state index >= 15 is 0 Å². The van der Waals surface area contributed by atoms with E-state index in [2.05, 4.69) is 9.97 Å². The number of ether oxygens (including phenoxy) is 1. The molecule has 2 aliphatic rings. The average Bonchev–Trinajstić information content (AvgIpc) is 3.21. The topological polar surface area (TPSA) is 94.2 Å². The van der Waals surface area contributed by atoms with Gasteiger partial charge in [-0.1, -0.05) is 12.8 Å². The van der Waals surface area contributed by atoms with Crippen LogP contribution in [0.25, 0.3) is 11.3 Å². The maximum absolute atomic E-state index is 12.4. The molecule has 2 aromatic rings. The zero-order chi connectivity index (χ0) is 16.7. The van der Waals surface area contributed by atoms with Crippen molar-refractivity contribution in [2.75, 3.05) is 17.7 Å². The normalized spacial score (nSPS) is 17.4. The van der Waals surface area contributed by atoms with Crippen molar-refractivity contribution in [2.24, 2.45) is 0 Å². The fourth-order valence-corrected chi connectivity index (χ4v) is 3.51. The van der Waals surface area contributed by atoms with Crippen LogP contribution in [-0.4, -0.2) is 34.0 Å². The van der Waals surface area contributed by atoms with Crippen LogP contribution in [0.4, 0.5) is 11.6 Å². The highest BCUT2D eigenvalue weighted by Crippen LogP contribution is 2.35. The van der Waals surface area contributed by atoms with Crippen LogP contribution in [0.15, 0.2) is 18.5 Å². The smallest absolute Gasteiger partial charge is 0.234 e.